The van der Waals surface area contributed by atoms with E-state index in [9.17, 15) is 9.18 Å². The number of carbonyl (C=O) groups is 1. The summed E-state index contributed by atoms with van der Waals surface area (Å²) >= 11 is 0. The highest BCUT2D eigenvalue weighted by atomic mass is 19.1. The van der Waals surface area contributed by atoms with Crippen molar-refractivity contribution in [2.75, 3.05) is 0 Å². The molecule has 13 heavy (non-hydrogen) atoms. The van der Waals surface area contributed by atoms with E-state index in [1.165, 1.54) is 12.1 Å². The third-order valence-electron chi connectivity index (χ3n) is 1.85. The van der Waals surface area contributed by atoms with E-state index >= 15 is 0 Å². The lowest BCUT2D eigenvalue weighted by Gasteiger charge is -2.04. The van der Waals surface area contributed by atoms with Gasteiger partial charge in [0.05, 0.1) is 0 Å². The van der Waals surface area contributed by atoms with Crippen molar-refractivity contribution in [3.63, 3.8) is 0 Å². The van der Waals surface area contributed by atoms with Crippen LogP contribution in [0.25, 0.3) is 0 Å². The van der Waals surface area contributed by atoms with Gasteiger partial charge in [0, 0.05) is 11.5 Å². The molecule has 70 valence electrons. The van der Waals surface area contributed by atoms with E-state index < -0.39 is 0 Å². The Labute approximate surface area is 77.6 Å². The maximum atomic E-state index is 12.9. The molecule has 0 fully saturated rings. The van der Waals surface area contributed by atoms with Crippen molar-refractivity contribution in [1.29, 1.82) is 0 Å². The van der Waals surface area contributed by atoms with Crippen molar-refractivity contribution in [1.82, 2.24) is 0 Å². The van der Waals surface area contributed by atoms with Gasteiger partial charge in [0.2, 0.25) is 0 Å². The molecule has 0 aliphatic carbocycles. The standard InChI is InChI=1S/C11H13FO/c1-7(2)11(13)9-4-8(3)5-10(12)6-9/h4-7H,1-3H3. The van der Waals surface area contributed by atoms with Crippen molar-refractivity contribution < 1.29 is 9.18 Å². The molecule has 0 aliphatic rings. The lowest BCUT2D eigenvalue weighted by atomic mass is 10.00. The number of carbonyl (C=O) groups excluding carboxylic acids is 1. The quantitative estimate of drug-likeness (QED) is 0.639. The number of hydrogen-bond donors (Lipinski definition) is 0. The van der Waals surface area contributed by atoms with Crippen LogP contribution >= 0.6 is 0 Å². The first-order chi connectivity index (χ1) is 6.00. The average Bonchev–Trinajstić information content (AvgIpc) is 2.01. The molecular formula is C11H13FO. The van der Waals surface area contributed by atoms with E-state index in [0.29, 0.717) is 5.56 Å². The molecule has 0 radical (unpaired) electrons. The topological polar surface area (TPSA) is 17.1 Å². The van der Waals surface area contributed by atoms with E-state index in [-0.39, 0.29) is 17.5 Å². The van der Waals surface area contributed by atoms with Gasteiger partial charge in [-0.15, -0.1) is 0 Å². The molecule has 0 bridgehead atoms. The number of aryl methyl sites for hydroxylation is 1. The number of rotatable bonds is 2. The summed E-state index contributed by atoms with van der Waals surface area (Å²) in [5.41, 5.74) is 1.25. The molecule has 1 nitrogen and oxygen atoms in total. The smallest absolute Gasteiger partial charge is 0.165 e. The fraction of sp³-hybridized carbons (Fsp3) is 0.364. The summed E-state index contributed by atoms with van der Waals surface area (Å²) < 4.78 is 12.9. The minimum Gasteiger partial charge on any atom is -0.294 e. The summed E-state index contributed by atoms with van der Waals surface area (Å²) in [7, 11) is 0. The fourth-order valence-corrected chi connectivity index (χ4v) is 1.21. The Morgan fingerprint density at radius 2 is 1.92 bits per heavy atom. The number of benzene rings is 1. The molecule has 0 aromatic heterocycles. The SMILES string of the molecule is Cc1cc(F)cc(C(=O)C(C)C)c1. The highest BCUT2D eigenvalue weighted by molar-refractivity contribution is 5.97. The van der Waals surface area contributed by atoms with Gasteiger partial charge in [0.1, 0.15) is 5.82 Å². The molecule has 0 unspecified atom stereocenters. The highest BCUT2D eigenvalue weighted by Crippen LogP contribution is 2.12. The van der Waals surface area contributed by atoms with Gasteiger partial charge < -0.3 is 0 Å². The van der Waals surface area contributed by atoms with Crippen LogP contribution in [0.3, 0.4) is 0 Å². The Bertz CT molecular complexity index is 309. The van der Waals surface area contributed by atoms with Crippen LogP contribution < -0.4 is 0 Å². The predicted octanol–water partition coefficient (Wildman–Crippen LogP) is 2.97. The summed E-state index contributed by atoms with van der Waals surface area (Å²) in [4.78, 5) is 11.5. The molecule has 0 aliphatic heterocycles. The summed E-state index contributed by atoms with van der Waals surface area (Å²) in [6.45, 7) is 5.39. The molecule has 0 atom stereocenters. The van der Waals surface area contributed by atoms with Crippen LogP contribution in [0.1, 0.15) is 29.8 Å². The maximum absolute atomic E-state index is 12.9. The first kappa shape index (κ1) is 9.90. The second-order valence-electron chi connectivity index (χ2n) is 3.54. The van der Waals surface area contributed by atoms with Crippen LogP contribution in [0.5, 0.6) is 0 Å². The normalized spacial score (nSPS) is 10.5. The van der Waals surface area contributed by atoms with Crippen LogP contribution in [0, 0.1) is 18.7 Å². The zero-order valence-corrected chi connectivity index (χ0v) is 8.10. The van der Waals surface area contributed by atoms with Crippen molar-refractivity contribution >= 4 is 5.78 Å². The fourth-order valence-electron chi connectivity index (χ4n) is 1.21. The van der Waals surface area contributed by atoms with Crippen molar-refractivity contribution in [3.8, 4) is 0 Å². The highest BCUT2D eigenvalue weighted by Gasteiger charge is 2.11. The molecule has 2 heteroatoms. The van der Waals surface area contributed by atoms with Gasteiger partial charge >= 0.3 is 0 Å². The zero-order valence-electron chi connectivity index (χ0n) is 8.10. The lowest BCUT2D eigenvalue weighted by Crippen LogP contribution is -2.07. The Balaban J connectivity index is 3.08. The lowest BCUT2D eigenvalue weighted by molar-refractivity contribution is 0.0939. The summed E-state index contributed by atoms with van der Waals surface area (Å²) in [5, 5.41) is 0. The second-order valence-corrected chi connectivity index (χ2v) is 3.54. The average molecular weight is 180 g/mol. The van der Waals surface area contributed by atoms with E-state index in [2.05, 4.69) is 0 Å². The maximum Gasteiger partial charge on any atom is 0.165 e. The van der Waals surface area contributed by atoms with Gasteiger partial charge in [-0.2, -0.15) is 0 Å². The van der Waals surface area contributed by atoms with Crippen LogP contribution in [0.4, 0.5) is 4.39 Å². The Morgan fingerprint density at radius 3 is 2.38 bits per heavy atom. The van der Waals surface area contributed by atoms with Crippen molar-refractivity contribution in [2.24, 2.45) is 5.92 Å². The Kier molecular flexibility index (Phi) is 2.81. The van der Waals surface area contributed by atoms with Gasteiger partial charge in [-0.05, 0) is 30.7 Å². The molecule has 0 spiro atoms. The molecular weight excluding hydrogens is 167 g/mol. The summed E-state index contributed by atoms with van der Waals surface area (Å²) in [6, 6.07) is 4.41. The van der Waals surface area contributed by atoms with Crippen LogP contribution in [0.15, 0.2) is 18.2 Å². The number of hydrogen-bond acceptors (Lipinski definition) is 1. The van der Waals surface area contributed by atoms with Crippen LogP contribution in [-0.4, -0.2) is 5.78 Å². The minimum absolute atomic E-state index is 0.0115. The molecule has 0 heterocycles. The molecule has 1 rings (SSSR count). The van der Waals surface area contributed by atoms with E-state index in [1.807, 2.05) is 13.8 Å². The van der Waals surface area contributed by atoms with Gasteiger partial charge in [-0.1, -0.05) is 13.8 Å². The van der Waals surface area contributed by atoms with Crippen molar-refractivity contribution in [3.05, 3.63) is 35.1 Å². The molecule has 1 aromatic carbocycles. The van der Waals surface area contributed by atoms with E-state index in [0.717, 1.165) is 5.56 Å². The van der Waals surface area contributed by atoms with Crippen molar-refractivity contribution in [2.45, 2.75) is 20.8 Å². The first-order valence-electron chi connectivity index (χ1n) is 4.32. The Morgan fingerprint density at radius 1 is 1.31 bits per heavy atom. The molecule has 0 N–H and O–H groups in total. The number of ketones is 1. The summed E-state index contributed by atoms with van der Waals surface area (Å²) in [5.74, 6) is -0.437. The number of Topliss-reactive ketones (excluding diaryl/α,β-unsaturated/α-hetero) is 1. The monoisotopic (exact) mass is 180 g/mol. The van der Waals surface area contributed by atoms with Gasteiger partial charge in [0.25, 0.3) is 0 Å². The molecule has 1 aromatic rings. The molecule has 0 saturated carbocycles. The zero-order chi connectivity index (χ0) is 10.0. The molecule has 0 saturated heterocycles. The third-order valence-corrected chi connectivity index (χ3v) is 1.85. The van der Waals surface area contributed by atoms with E-state index in [1.54, 1.807) is 13.0 Å². The third kappa shape index (κ3) is 2.38. The van der Waals surface area contributed by atoms with Gasteiger partial charge in [-0.25, -0.2) is 4.39 Å². The minimum atomic E-state index is -0.344. The Hall–Kier alpha value is -1.18. The van der Waals surface area contributed by atoms with Gasteiger partial charge in [0.15, 0.2) is 5.78 Å². The first-order valence-corrected chi connectivity index (χ1v) is 4.32. The predicted molar refractivity (Wildman–Crippen MR) is 50.3 cm³/mol. The largest absolute Gasteiger partial charge is 0.294 e. The van der Waals surface area contributed by atoms with Gasteiger partial charge in [-0.3, -0.25) is 4.79 Å². The number of halogens is 1. The van der Waals surface area contributed by atoms with E-state index in [4.69, 9.17) is 0 Å². The van der Waals surface area contributed by atoms with Crippen LogP contribution in [-0.2, 0) is 0 Å². The second kappa shape index (κ2) is 3.69. The van der Waals surface area contributed by atoms with Crippen LogP contribution in [0.2, 0.25) is 0 Å². The molecule has 0 amide bonds. The summed E-state index contributed by atoms with van der Waals surface area (Å²) in [6.07, 6.45) is 0.